The van der Waals surface area contributed by atoms with Crippen molar-refractivity contribution in [1.29, 1.82) is 0 Å². The molecule has 0 radical (unpaired) electrons. The third kappa shape index (κ3) is 2.13. The second-order valence-electron chi connectivity index (χ2n) is 4.14. The van der Waals surface area contributed by atoms with Gasteiger partial charge in [-0.15, -0.1) is 0 Å². The number of nitrogens with zero attached hydrogens (tertiary/aromatic N) is 1. The molecule has 0 unspecified atom stereocenters. The first kappa shape index (κ1) is 11.9. The topological polar surface area (TPSA) is 63.4 Å². The zero-order valence-electron chi connectivity index (χ0n) is 9.50. The number of anilines is 2. The summed E-state index contributed by atoms with van der Waals surface area (Å²) in [6.45, 7) is 1.80. The number of nitrogens with two attached hydrogens (primary N) is 1. The fourth-order valence-electron chi connectivity index (χ4n) is 1.96. The van der Waals surface area contributed by atoms with Crippen LogP contribution in [0.4, 0.5) is 11.4 Å². The number of nitrogen functional groups attached to an aromatic ring is 1. The average molecular weight is 253 g/mol. The van der Waals surface area contributed by atoms with Crippen molar-refractivity contribution >= 4 is 34.8 Å². The normalized spacial score (nSPS) is 16.5. The molecule has 1 aromatic carbocycles. The molecule has 1 saturated heterocycles. The van der Waals surface area contributed by atoms with E-state index in [-0.39, 0.29) is 11.8 Å². The van der Waals surface area contributed by atoms with Crippen LogP contribution in [-0.2, 0) is 9.59 Å². The Labute approximate surface area is 104 Å². The molecule has 2 rings (SSSR count). The molecule has 1 heterocycles. The monoisotopic (exact) mass is 252 g/mol. The van der Waals surface area contributed by atoms with Gasteiger partial charge in [-0.05, 0) is 31.0 Å². The van der Waals surface area contributed by atoms with Crippen molar-refractivity contribution < 1.29 is 9.59 Å². The van der Waals surface area contributed by atoms with Crippen LogP contribution in [0.3, 0.4) is 0 Å². The predicted octanol–water partition coefficient (Wildman–Crippen LogP) is 2.27. The van der Waals surface area contributed by atoms with Gasteiger partial charge in [-0.1, -0.05) is 11.6 Å². The number of carbonyl (C=O) groups is 2. The number of aryl methyl sites for hydroxylation is 1. The van der Waals surface area contributed by atoms with Crippen molar-refractivity contribution in [3.63, 3.8) is 0 Å². The number of amides is 2. The second-order valence-corrected chi connectivity index (χ2v) is 4.54. The molecule has 5 heteroatoms. The van der Waals surface area contributed by atoms with E-state index in [9.17, 15) is 9.59 Å². The molecule has 4 nitrogen and oxygen atoms in total. The quantitative estimate of drug-likeness (QED) is 0.616. The molecule has 0 aromatic heterocycles. The van der Waals surface area contributed by atoms with Crippen molar-refractivity contribution in [2.45, 2.75) is 26.2 Å². The van der Waals surface area contributed by atoms with E-state index in [0.717, 1.165) is 5.56 Å². The van der Waals surface area contributed by atoms with Crippen LogP contribution in [0.25, 0.3) is 0 Å². The number of piperidine rings is 1. The first-order chi connectivity index (χ1) is 8.00. The lowest BCUT2D eigenvalue weighted by molar-refractivity contribution is -0.129. The minimum Gasteiger partial charge on any atom is -0.398 e. The van der Waals surface area contributed by atoms with Crippen molar-refractivity contribution in [1.82, 2.24) is 0 Å². The Morgan fingerprint density at radius 1 is 1.24 bits per heavy atom. The van der Waals surface area contributed by atoms with Gasteiger partial charge in [0, 0.05) is 12.8 Å². The summed E-state index contributed by atoms with van der Waals surface area (Å²) >= 11 is 5.93. The van der Waals surface area contributed by atoms with Gasteiger partial charge in [0.2, 0.25) is 11.8 Å². The Bertz CT molecular complexity index is 484. The highest BCUT2D eigenvalue weighted by atomic mass is 35.5. The maximum absolute atomic E-state index is 11.8. The summed E-state index contributed by atoms with van der Waals surface area (Å²) in [5.74, 6) is -0.352. The number of hydrogen-bond acceptors (Lipinski definition) is 3. The molecule has 1 fully saturated rings. The average Bonchev–Trinajstić information content (AvgIpc) is 2.25. The lowest BCUT2D eigenvalue weighted by Crippen LogP contribution is -2.40. The number of hydrogen-bond donors (Lipinski definition) is 1. The SMILES string of the molecule is Cc1cc(N)c(Cl)cc1N1C(=O)CCCC1=O. The van der Waals surface area contributed by atoms with Crippen LogP contribution in [0.5, 0.6) is 0 Å². The van der Waals surface area contributed by atoms with Gasteiger partial charge < -0.3 is 5.73 Å². The third-order valence-corrected chi connectivity index (χ3v) is 3.16. The summed E-state index contributed by atoms with van der Waals surface area (Å²) in [7, 11) is 0. The summed E-state index contributed by atoms with van der Waals surface area (Å²) in [6.07, 6.45) is 1.41. The molecular formula is C12H13ClN2O2. The summed E-state index contributed by atoms with van der Waals surface area (Å²) in [5.41, 5.74) is 7.43. The molecule has 0 saturated carbocycles. The van der Waals surface area contributed by atoms with Crippen LogP contribution in [0.1, 0.15) is 24.8 Å². The van der Waals surface area contributed by atoms with Crippen LogP contribution >= 0.6 is 11.6 Å². The highest BCUT2D eigenvalue weighted by Gasteiger charge is 2.28. The Morgan fingerprint density at radius 3 is 2.41 bits per heavy atom. The van der Waals surface area contributed by atoms with E-state index in [1.54, 1.807) is 19.1 Å². The molecule has 1 aromatic rings. The van der Waals surface area contributed by atoms with Crippen molar-refractivity contribution in [2.75, 3.05) is 10.6 Å². The Kier molecular flexibility index (Phi) is 3.07. The van der Waals surface area contributed by atoms with Gasteiger partial charge in [-0.3, -0.25) is 14.5 Å². The lowest BCUT2D eigenvalue weighted by Gasteiger charge is -2.26. The maximum Gasteiger partial charge on any atom is 0.233 e. The summed E-state index contributed by atoms with van der Waals surface area (Å²) < 4.78 is 0. The zero-order valence-corrected chi connectivity index (χ0v) is 10.3. The fourth-order valence-corrected chi connectivity index (χ4v) is 2.11. The van der Waals surface area contributed by atoms with Crippen molar-refractivity contribution in [3.05, 3.63) is 22.7 Å². The third-order valence-electron chi connectivity index (χ3n) is 2.84. The van der Waals surface area contributed by atoms with E-state index in [1.807, 2.05) is 0 Å². The number of imide groups is 1. The molecule has 0 aliphatic carbocycles. The van der Waals surface area contributed by atoms with Crippen LogP contribution in [0, 0.1) is 6.92 Å². The smallest absolute Gasteiger partial charge is 0.233 e. The molecule has 0 atom stereocenters. The van der Waals surface area contributed by atoms with Crippen LogP contribution in [0.2, 0.25) is 5.02 Å². The lowest BCUT2D eigenvalue weighted by atomic mass is 10.1. The zero-order chi connectivity index (χ0) is 12.6. The first-order valence-electron chi connectivity index (χ1n) is 5.42. The second kappa shape index (κ2) is 4.37. The molecule has 90 valence electrons. The number of benzene rings is 1. The first-order valence-corrected chi connectivity index (χ1v) is 5.80. The van der Waals surface area contributed by atoms with Crippen molar-refractivity contribution in [3.8, 4) is 0 Å². The van der Waals surface area contributed by atoms with Crippen LogP contribution in [0.15, 0.2) is 12.1 Å². The van der Waals surface area contributed by atoms with Gasteiger partial charge in [-0.25, -0.2) is 0 Å². The van der Waals surface area contributed by atoms with Gasteiger partial charge >= 0.3 is 0 Å². The van der Waals surface area contributed by atoms with E-state index in [0.29, 0.717) is 35.7 Å². The Balaban J connectivity index is 2.48. The number of halogens is 1. The van der Waals surface area contributed by atoms with E-state index in [1.165, 1.54) is 4.90 Å². The van der Waals surface area contributed by atoms with Gasteiger partial charge in [0.25, 0.3) is 0 Å². The maximum atomic E-state index is 11.8. The van der Waals surface area contributed by atoms with Crippen molar-refractivity contribution in [2.24, 2.45) is 0 Å². The van der Waals surface area contributed by atoms with E-state index in [2.05, 4.69) is 0 Å². The number of rotatable bonds is 1. The molecular weight excluding hydrogens is 240 g/mol. The molecule has 0 bridgehead atoms. The highest BCUT2D eigenvalue weighted by molar-refractivity contribution is 6.33. The number of carbonyl (C=O) groups excluding carboxylic acids is 2. The molecule has 1 aliphatic rings. The van der Waals surface area contributed by atoms with E-state index >= 15 is 0 Å². The highest BCUT2D eigenvalue weighted by Crippen LogP contribution is 2.31. The molecule has 0 spiro atoms. The summed E-state index contributed by atoms with van der Waals surface area (Å²) in [5, 5.41) is 0.358. The molecule has 2 N–H and O–H groups in total. The van der Waals surface area contributed by atoms with Gasteiger partial charge in [0.05, 0.1) is 16.4 Å². The summed E-state index contributed by atoms with van der Waals surface area (Å²) in [6, 6.07) is 3.25. The van der Waals surface area contributed by atoms with E-state index in [4.69, 9.17) is 17.3 Å². The van der Waals surface area contributed by atoms with Crippen LogP contribution in [-0.4, -0.2) is 11.8 Å². The van der Waals surface area contributed by atoms with Crippen LogP contribution < -0.4 is 10.6 Å². The standard InChI is InChI=1S/C12H13ClN2O2/c1-7-5-9(14)8(13)6-10(7)15-11(16)3-2-4-12(15)17/h5-6H,2-4,14H2,1H3. The minimum atomic E-state index is -0.176. The molecule has 17 heavy (non-hydrogen) atoms. The molecule has 1 aliphatic heterocycles. The van der Waals surface area contributed by atoms with Gasteiger partial charge in [0.1, 0.15) is 0 Å². The van der Waals surface area contributed by atoms with E-state index < -0.39 is 0 Å². The Hall–Kier alpha value is -1.55. The van der Waals surface area contributed by atoms with Gasteiger partial charge in [0.15, 0.2) is 0 Å². The molecule has 2 amide bonds. The fraction of sp³-hybridized carbons (Fsp3) is 0.333. The Morgan fingerprint density at radius 2 is 1.82 bits per heavy atom. The van der Waals surface area contributed by atoms with Gasteiger partial charge in [-0.2, -0.15) is 0 Å². The minimum absolute atomic E-state index is 0.176. The largest absolute Gasteiger partial charge is 0.398 e. The summed E-state index contributed by atoms with van der Waals surface area (Å²) in [4.78, 5) is 24.8. The predicted molar refractivity (Wildman–Crippen MR) is 66.9 cm³/mol.